The normalized spacial score (nSPS) is 20.9. The lowest BCUT2D eigenvalue weighted by Gasteiger charge is -2.46. The second-order valence-electron chi connectivity index (χ2n) is 4.70. The number of ether oxygens (including phenoxy) is 1. The highest BCUT2D eigenvalue weighted by molar-refractivity contribution is 5.98. The van der Waals surface area contributed by atoms with E-state index in [1.54, 1.807) is 7.11 Å². The molecule has 3 nitrogen and oxygen atoms in total. The molecule has 3 rings (SSSR count). The maximum Gasteiger partial charge on any atom is 0.251 e. The highest BCUT2D eigenvalue weighted by Gasteiger charge is 2.45. The molecule has 1 aromatic carbocycles. The highest BCUT2D eigenvalue weighted by Crippen LogP contribution is 2.49. The van der Waals surface area contributed by atoms with Gasteiger partial charge in [-0.1, -0.05) is 12.5 Å². The Hall–Kier alpha value is -1.51. The molecule has 84 valence electrons. The minimum absolute atomic E-state index is 0.0337. The molecule has 1 fully saturated rings. The zero-order chi connectivity index (χ0) is 11.2. The van der Waals surface area contributed by atoms with Crippen molar-refractivity contribution in [2.24, 2.45) is 0 Å². The molecule has 0 aromatic heterocycles. The molecule has 0 unspecified atom stereocenters. The van der Waals surface area contributed by atoms with Crippen LogP contribution in [-0.4, -0.2) is 19.6 Å². The molecule has 1 amide bonds. The fourth-order valence-corrected chi connectivity index (χ4v) is 2.90. The first kappa shape index (κ1) is 9.70. The van der Waals surface area contributed by atoms with Gasteiger partial charge in [-0.15, -0.1) is 0 Å². The summed E-state index contributed by atoms with van der Waals surface area (Å²) in [6, 6.07) is 5.73. The molecular formula is C13H15NO2. The van der Waals surface area contributed by atoms with Crippen LogP contribution in [0.4, 0.5) is 0 Å². The molecule has 0 radical (unpaired) electrons. The van der Waals surface area contributed by atoms with Crippen molar-refractivity contribution in [3.63, 3.8) is 0 Å². The molecule has 2 aliphatic rings. The zero-order valence-electron chi connectivity index (χ0n) is 9.38. The number of hydrogen-bond acceptors (Lipinski definition) is 2. The van der Waals surface area contributed by atoms with E-state index >= 15 is 0 Å². The van der Waals surface area contributed by atoms with Crippen molar-refractivity contribution in [3.05, 3.63) is 29.3 Å². The minimum atomic E-state index is 0.0337. The smallest absolute Gasteiger partial charge is 0.251 e. The predicted molar refractivity (Wildman–Crippen MR) is 60.9 cm³/mol. The van der Waals surface area contributed by atoms with E-state index in [1.807, 2.05) is 18.2 Å². The predicted octanol–water partition coefficient (Wildman–Crippen LogP) is 1.86. The van der Waals surface area contributed by atoms with Gasteiger partial charge in [0.15, 0.2) is 0 Å². The highest BCUT2D eigenvalue weighted by atomic mass is 16.5. The number of hydrogen-bond donors (Lipinski definition) is 1. The molecule has 0 atom stereocenters. The average molecular weight is 217 g/mol. The zero-order valence-corrected chi connectivity index (χ0v) is 9.38. The molecule has 1 heterocycles. The van der Waals surface area contributed by atoms with Crippen molar-refractivity contribution in [1.29, 1.82) is 0 Å². The number of carbonyl (C=O) groups excluding carboxylic acids is 1. The molecule has 16 heavy (non-hydrogen) atoms. The molecule has 1 aliphatic carbocycles. The van der Waals surface area contributed by atoms with Crippen LogP contribution in [0.25, 0.3) is 0 Å². The first-order valence-electron chi connectivity index (χ1n) is 5.72. The van der Waals surface area contributed by atoms with E-state index in [9.17, 15) is 4.79 Å². The lowest BCUT2D eigenvalue weighted by atomic mass is 9.61. The standard InChI is InChI=1S/C13H15NO2/c1-16-10-5-2-4-9-11(10)13(6-3-7-13)8-14-12(9)15/h2,4-5H,3,6-8H2,1H3,(H,14,15). The van der Waals surface area contributed by atoms with E-state index < -0.39 is 0 Å². The van der Waals surface area contributed by atoms with Crippen LogP contribution in [0.5, 0.6) is 5.75 Å². The van der Waals surface area contributed by atoms with Crippen LogP contribution in [0.1, 0.15) is 35.2 Å². The maximum absolute atomic E-state index is 11.8. The summed E-state index contributed by atoms with van der Waals surface area (Å²) in [6.45, 7) is 0.763. The van der Waals surface area contributed by atoms with Gasteiger partial charge in [0.1, 0.15) is 5.75 Å². The van der Waals surface area contributed by atoms with Crippen molar-refractivity contribution in [1.82, 2.24) is 5.32 Å². The topological polar surface area (TPSA) is 38.3 Å². The van der Waals surface area contributed by atoms with Gasteiger partial charge in [0.05, 0.1) is 7.11 Å². The van der Waals surface area contributed by atoms with E-state index in [0.29, 0.717) is 0 Å². The summed E-state index contributed by atoms with van der Waals surface area (Å²) in [5.41, 5.74) is 2.08. The lowest BCUT2D eigenvalue weighted by molar-refractivity contribution is 0.0892. The molecular weight excluding hydrogens is 202 g/mol. The number of fused-ring (bicyclic) bond motifs is 2. The van der Waals surface area contributed by atoms with E-state index in [0.717, 1.165) is 36.3 Å². The Balaban J connectivity index is 2.21. The Morgan fingerprint density at radius 1 is 1.38 bits per heavy atom. The number of amides is 1. The third kappa shape index (κ3) is 1.11. The summed E-state index contributed by atoms with van der Waals surface area (Å²) in [4.78, 5) is 11.8. The molecule has 1 aliphatic heterocycles. The largest absolute Gasteiger partial charge is 0.496 e. The molecule has 1 saturated carbocycles. The summed E-state index contributed by atoms with van der Waals surface area (Å²) in [5.74, 6) is 0.901. The van der Waals surface area contributed by atoms with Gasteiger partial charge < -0.3 is 10.1 Å². The Bertz CT molecular complexity index is 449. The Kier molecular flexibility index (Phi) is 1.96. The third-order valence-corrected chi connectivity index (χ3v) is 3.92. The summed E-state index contributed by atoms with van der Waals surface area (Å²) >= 11 is 0. The molecule has 0 saturated heterocycles. The SMILES string of the molecule is COc1cccc2c1C1(CCC1)CNC2=O. The van der Waals surface area contributed by atoms with Crippen LogP contribution in [0.15, 0.2) is 18.2 Å². The Labute approximate surface area is 94.8 Å². The summed E-state index contributed by atoms with van der Waals surface area (Å²) in [6.07, 6.45) is 3.55. The van der Waals surface area contributed by atoms with Gasteiger partial charge in [-0.05, 0) is 25.0 Å². The number of carbonyl (C=O) groups is 1. The number of nitrogens with one attached hydrogen (secondary N) is 1. The van der Waals surface area contributed by atoms with Crippen molar-refractivity contribution in [2.45, 2.75) is 24.7 Å². The van der Waals surface area contributed by atoms with Crippen molar-refractivity contribution in [3.8, 4) is 5.75 Å². The van der Waals surface area contributed by atoms with Gasteiger partial charge in [-0.2, -0.15) is 0 Å². The van der Waals surface area contributed by atoms with Crippen molar-refractivity contribution in [2.75, 3.05) is 13.7 Å². The monoisotopic (exact) mass is 217 g/mol. The number of benzene rings is 1. The van der Waals surface area contributed by atoms with Gasteiger partial charge in [0.2, 0.25) is 0 Å². The van der Waals surface area contributed by atoms with Gasteiger partial charge >= 0.3 is 0 Å². The minimum Gasteiger partial charge on any atom is -0.496 e. The molecule has 3 heteroatoms. The fourth-order valence-electron chi connectivity index (χ4n) is 2.90. The fraction of sp³-hybridized carbons (Fsp3) is 0.462. The van der Waals surface area contributed by atoms with Gasteiger partial charge in [-0.3, -0.25) is 4.79 Å². The molecule has 1 spiro atoms. The van der Waals surface area contributed by atoms with E-state index in [2.05, 4.69) is 5.32 Å². The van der Waals surface area contributed by atoms with Crippen molar-refractivity contribution < 1.29 is 9.53 Å². The molecule has 1 aromatic rings. The van der Waals surface area contributed by atoms with E-state index in [4.69, 9.17) is 4.74 Å². The van der Waals surface area contributed by atoms with Crippen LogP contribution < -0.4 is 10.1 Å². The summed E-state index contributed by atoms with van der Waals surface area (Å²) in [5, 5.41) is 2.99. The second kappa shape index (κ2) is 3.24. The second-order valence-corrected chi connectivity index (χ2v) is 4.70. The van der Waals surface area contributed by atoms with Crippen LogP contribution in [-0.2, 0) is 5.41 Å². The Morgan fingerprint density at radius 3 is 2.81 bits per heavy atom. The van der Waals surface area contributed by atoms with Gasteiger partial charge in [-0.25, -0.2) is 0 Å². The Morgan fingerprint density at radius 2 is 2.19 bits per heavy atom. The van der Waals surface area contributed by atoms with Gasteiger partial charge in [0.25, 0.3) is 5.91 Å². The molecule has 1 N–H and O–H groups in total. The van der Waals surface area contributed by atoms with E-state index in [1.165, 1.54) is 6.42 Å². The molecule has 0 bridgehead atoms. The first-order chi connectivity index (χ1) is 7.77. The summed E-state index contributed by atoms with van der Waals surface area (Å²) < 4.78 is 5.41. The maximum atomic E-state index is 11.8. The van der Waals surface area contributed by atoms with Crippen LogP contribution >= 0.6 is 0 Å². The number of rotatable bonds is 1. The average Bonchev–Trinajstić information content (AvgIpc) is 2.27. The van der Waals surface area contributed by atoms with Crippen molar-refractivity contribution >= 4 is 5.91 Å². The third-order valence-electron chi connectivity index (χ3n) is 3.92. The van der Waals surface area contributed by atoms with Crippen LogP contribution in [0.3, 0.4) is 0 Å². The quantitative estimate of drug-likeness (QED) is 0.779. The lowest BCUT2D eigenvalue weighted by Crippen LogP contribution is -2.50. The van der Waals surface area contributed by atoms with E-state index in [-0.39, 0.29) is 11.3 Å². The number of methoxy groups -OCH3 is 1. The first-order valence-corrected chi connectivity index (χ1v) is 5.72. The van der Waals surface area contributed by atoms with Crippen LogP contribution in [0, 0.1) is 0 Å². The van der Waals surface area contributed by atoms with Gasteiger partial charge in [0, 0.05) is 23.1 Å². The summed E-state index contributed by atoms with van der Waals surface area (Å²) in [7, 11) is 1.68. The van der Waals surface area contributed by atoms with Crippen LogP contribution in [0.2, 0.25) is 0 Å².